The average Bonchev–Trinajstić information content (AvgIpc) is 3.36. The van der Waals surface area contributed by atoms with E-state index in [9.17, 15) is 14.0 Å². The number of fused-ring (bicyclic) bond motifs is 1. The summed E-state index contributed by atoms with van der Waals surface area (Å²) in [5.74, 6) is -0.421. The first-order valence-corrected chi connectivity index (χ1v) is 9.55. The highest BCUT2D eigenvalue weighted by atomic mass is 19.1. The lowest BCUT2D eigenvalue weighted by Gasteiger charge is -2.33. The molecular formula is C19H24FN5O2. The van der Waals surface area contributed by atoms with E-state index >= 15 is 0 Å². The zero-order valence-corrected chi connectivity index (χ0v) is 15.1. The quantitative estimate of drug-likeness (QED) is 0.756. The van der Waals surface area contributed by atoms with Gasteiger partial charge in [0.15, 0.2) is 0 Å². The molecule has 1 aromatic heterocycles. The third kappa shape index (κ3) is 3.80. The Balaban J connectivity index is 1.40. The van der Waals surface area contributed by atoms with Crippen molar-refractivity contribution < 1.29 is 14.0 Å². The molecule has 27 heavy (non-hydrogen) atoms. The van der Waals surface area contributed by atoms with E-state index in [1.54, 1.807) is 4.90 Å². The van der Waals surface area contributed by atoms with E-state index in [1.165, 1.54) is 18.5 Å². The fourth-order valence-corrected chi connectivity index (χ4v) is 4.04. The molecule has 3 heterocycles. The second-order valence-electron chi connectivity index (χ2n) is 7.41. The molecule has 2 amide bonds. The molecular weight excluding hydrogens is 349 g/mol. The Morgan fingerprint density at radius 3 is 3.00 bits per heavy atom. The summed E-state index contributed by atoms with van der Waals surface area (Å²) in [7, 11) is 0. The van der Waals surface area contributed by atoms with Crippen molar-refractivity contribution in [1.29, 1.82) is 0 Å². The van der Waals surface area contributed by atoms with E-state index in [2.05, 4.69) is 20.6 Å². The van der Waals surface area contributed by atoms with Gasteiger partial charge in [0.25, 0.3) is 5.91 Å². The van der Waals surface area contributed by atoms with Gasteiger partial charge in [-0.15, -0.1) is 0 Å². The van der Waals surface area contributed by atoms with E-state index in [1.807, 2.05) is 0 Å². The maximum absolute atomic E-state index is 13.9. The number of carbonyl (C=O) groups excluding carboxylic acids is 2. The minimum absolute atomic E-state index is 0.0410. The van der Waals surface area contributed by atoms with E-state index in [-0.39, 0.29) is 29.3 Å². The molecule has 8 heteroatoms. The summed E-state index contributed by atoms with van der Waals surface area (Å²) >= 11 is 0. The summed E-state index contributed by atoms with van der Waals surface area (Å²) in [6, 6.07) is 2.50. The minimum atomic E-state index is -0.458. The van der Waals surface area contributed by atoms with Crippen LogP contribution in [0, 0.1) is 11.7 Å². The van der Waals surface area contributed by atoms with Crippen molar-refractivity contribution in [3.8, 4) is 0 Å². The highest BCUT2D eigenvalue weighted by Gasteiger charge is 2.28. The number of benzene rings is 1. The smallest absolute Gasteiger partial charge is 0.256 e. The molecule has 2 aliphatic heterocycles. The van der Waals surface area contributed by atoms with Gasteiger partial charge in [0.1, 0.15) is 11.3 Å². The molecule has 2 atom stereocenters. The molecule has 2 aromatic rings. The van der Waals surface area contributed by atoms with E-state index in [4.69, 9.17) is 0 Å². The van der Waals surface area contributed by atoms with Crippen LogP contribution >= 0.6 is 0 Å². The number of imidazole rings is 1. The minimum Gasteiger partial charge on any atom is -0.354 e. The van der Waals surface area contributed by atoms with Gasteiger partial charge >= 0.3 is 0 Å². The Morgan fingerprint density at radius 1 is 1.30 bits per heavy atom. The summed E-state index contributed by atoms with van der Waals surface area (Å²) in [6.07, 6.45) is 5.20. The van der Waals surface area contributed by atoms with Crippen molar-refractivity contribution in [2.24, 2.45) is 5.92 Å². The zero-order chi connectivity index (χ0) is 18.8. The Bertz CT molecular complexity index is 846. The number of nitrogens with zero attached hydrogens (tertiary/aromatic N) is 2. The van der Waals surface area contributed by atoms with Gasteiger partial charge in [-0.25, -0.2) is 9.37 Å². The molecule has 0 saturated carbocycles. The second kappa shape index (κ2) is 7.64. The predicted octanol–water partition coefficient (Wildman–Crippen LogP) is 1.42. The van der Waals surface area contributed by atoms with Crippen molar-refractivity contribution in [2.75, 3.05) is 26.2 Å². The van der Waals surface area contributed by atoms with Gasteiger partial charge in [-0.3, -0.25) is 9.59 Å². The Kier molecular flexibility index (Phi) is 5.07. The lowest BCUT2D eigenvalue weighted by atomic mass is 9.97. The molecule has 0 spiro atoms. The topological polar surface area (TPSA) is 90.1 Å². The molecule has 144 valence electrons. The third-order valence-electron chi connectivity index (χ3n) is 5.47. The van der Waals surface area contributed by atoms with E-state index in [0.29, 0.717) is 30.7 Å². The van der Waals surface area contributed by atoms with Crippen LogP contribution < -0.4 is 10.6 Å². The molecule has 0 radical (unpaired) electrons. The lowest BCUT2D eigenvalue weighted by Crippen LogP contribution is -2.46. The van der Waals surface area contributed by atoms with Crippen LogP contribution in [0.15, 0.2) is 18.5 Å². The van der Waals surface area contributed by atoms with Gasteiger partial charge in [0.2, 0.25) is 5.91 Å². The number of halogens is 1. The van der Waals surface area contributed by atoms with Crippen LogP contribution in [0.3, 0.4) is 0 Å². The van der Waals surface area contributed by atoms with Gasteiger partial charge in [0.05, 0.1) is 23.4 Å². The molecule has 0 bridgehead atoms. The number of nitrogens with one attached hydrogen (secondary N) is 3. The largest absolute Gasteiger partial charge is 0.354 e. The maximum atomic E-state index is 13.9. The van der Waals surface area contributed by atoms with E-state index < -0.39 is 5.82 Å². The van der Waals surface area contributed by atoms with Crippen molar-refractivity contribution in [3.05, 3.63) is 29.8 Å². The molecule has 1 aromatic carbocycles. The Morgan fingerprint density at radius 2 is 2.19 bits per heavy atom. The number of aromatic nitrogens is 2. The van der Waals surface area contributed by atoms with Crippen molar-refractivity contribution in [1.82, 2.24) is 25.5 Å². The summed E-state index contributed by atoms with van der Waals surface area (Å²) in [4.78, 5) is 33.9. The molecule has 4 rings (SSSR count). The predicted molar refractivity (Wildman–Crippen MR) is 98.7 cm³/mol. The van der Waals surface area contributed by atoms with Crippen LogP contribution in [0.5, 0.6) is 0 Å². The highest BCUT2D eigenvalue weighted by molar-refractivity contribution is 6.04. The van der Waals surface area contributed by atoms with Gasteiger partial charge in [0, 0.05) is 19.6 Å². The Hall–Kier alpha value is -2.48. The number of likely N-dealkylation sites (tertiary alicyclic amines) is 1. The number of carbonyl (C=O) groups is 2. The summed E-state index contributed by atoms with van der Waals surface area (Å²) in [5, 5.41) is 6.20. The van der Waals surface area contributed by atoms with Crippen molar-refractivity contribution in [3.63, 3.8) is 0 Å². The molecule has 3 N–H and O–H groups in total. The average molecular weight is 373 g/mol. The zero-order valence-electron chi connectivity index (χ0n) is 15.1. The maximum Gasteiger partial charge on any atom is 0.256 e. The third-order valence-corrected chi connectivity index (χ3v) is 5.47. The first kappa shape index (κ1) is 17.9. The van der Waals surface area contributed by atoms with Gasteiger partial charge in [-0.1, -0.05) is 0 Å². The van der Waals surface area contributed by atoms with Crippen molar-refractivity contribution in [2.45, 2.75) is 31.7 Å². The van der Waals surface area contributed by atoms with Crippen LogP contribution in [-0.4, -0.2) is 58.9 Å². The van der Waals surface area contributed by atoms with Gasteiger partial charge in [-0.2, -0.15) is 0 Å². The number of piperidine rings is 1. The molecule has 2 saturated heterocycles. The normalized spacial score (nSPS) is 22.9. The number of H-pyrrole nitrogens is 1. The molecule has 2 fully saturated rings. The molecule has 0 aliphatic carbocycles. The summed E-state index contributed by atoms with van der Waals surface area (Å²) in [6.45, 7) is 2.64. The van der Waals surface area contributed by atoms with Crippen LogP contribution in [0.25, 0.3) is 11.0 Å². The number of amides is 2. The second-order valence-corrected chi connectivity index (χ2v) is 7.41. The van der Waals surface area contributed by atoms with Crippen molar-refractivity contribution >= 4 is 22.8 Å². The summed E-state index contributed by atoms with van der Waals surface area (Å²) < 4.78 is 13.9. The van der Waals surface area contributed by atoms with Gasteiger partial charge < -0.3 is 20.5 Å². The first-order valence-electron chi connectivity index (χ1n) is 9.55. The number of rotatable bonds is 4. The molecule has 7 nitrogen and oxygen atoms in total. The fraction of sp³-hybridized carbons (Fsp3) is 0.526. The van der Waals surface area contributed by atoms with E-state index in [0.717, 1.165) is 32.2 Å². The van der Waals surface area contributed by atoms with Crippen LogP contribution in [0.1, 0.15) is 36.0 Å². The fourth-order valence-electron chi connectivity index (χ4n) is 4.04. The molecule has 2 unspecified atom stereocenters. The van der Waals surface area contributed by atoms with Crippen LogP contribution in [-0.2, 0) is 4.79 Å². The lowest BCUT2D eigenvalue weighted by molar-refractivity contribution is -0.123. The Labute approximate surface area is 156 Å². The standard InChI is InChI=1S/C19H24FN5O2/c20-13-7-14(17-16(8-13)23-11-24-17)19(27)25-6-2-3-12(10-25)9-22-18(26)15-4-1-5-21-15/h7-8,11-12,15,21H,1-6,9-10H2,(H,22,26)(H,23,24). The number of hydrogen-bond acceptors (Lipinski definition) is 4. The number of hydrogen-bond donors (Lipinski definition) is 3. The van der Waals surface area contributed by atoms with Crippen LogP contribution in [0.4, 0.5) is 4.39 Å². The molecule has 2 aliphatic rings. The van der Waals surface area contributed by atoms with Gasteiger partial charge in [-0.05, 0) is 50.3 Å². The highest BCUT2D eigenvalue weighted by Crippen LogP contribution is 2.23. The van der Waals surface area contributed by atoms with Crippen LogP contribution in [0.2, 0.25) is 0 Å². The SMILES string of the molecule is O=C(NCC1CCCN(C(=O)c2cc(F)cc3[nH]cnc23)C1)C1CCCN1. The number of aromatic amines is 1. The first-order chi connectivity index (χ1) is 13.1. The monoisotopic (exact) mass is 373 g/mol. The summed E-state index contributed by atoms with van der Waals surface area (Å²) in [5.41, 5.74) is 1.29.